The van der Waals surface area contributed by atoms with Crippen LogP contribution < -0.4 is 10.6 Å². The molecule has 152 valence electrons. The number of aromatic nitrogens is 1. The van der Waals surface area contributed by atoms with Crippen LogP contribution in [0.3, 0.4) is 0 Å². The number of hydrogen-bond acceptors (Lipinski definition) is 4. The Morgan fingerprint density at radius 2 is 1.97 bits per heavy atom. The van der Waals surface area contributed by atoms with E-state index in [-0.39, 0.29) is 10.8 Å². The summed E-state index contributed by atoms with van der Waals surface area (Å²) in [7, 11) is 0. The molecule has 0 aliphatic carbocycles. The summed E-state index contributed by atoms with van der Waals surface area (Å²) in [5.74, 6) is -0.939. The number of halogens is 2. The van der Waals surface area contributed by atoms with Crippen LogP contribution in [-0.2, 0) is 15.1 Å². The number of hydrogen-bond donors (Lipinski definition) is 2. The molecule has 0 spiro atoms. The largest absolute Gasteiger partial charge is 0.325 e. The van der Waals surface area contributed by atoms with Crippen LogP contribution in [-0.4, -0.2) is 34.3 Å². The number of pyridine rings is 1. The summed E-state index contributed by atoms with van der Waals surface area (Å²) < 4.78 is 0. The van der Waals surface area contributed by atoms with Crippen LogP contribution in [0.1, 0.15) is 31.7 Å². The molecule has 29 heavy (non-hydrogen) atoms. The Labute approximate surface area is 178 Å². The normalized spacial score (nSPS) is 18.7. The van der Waals surface area contributed by atoms with Gasteiger partial charge in [-0.15, -0.1) is 0 Å². The number of unbranched alkanes of at least 4 members (excludes halogenated alkanes) is 1. The van der Waals surface area contributed by atoms with Crippen molar-refractivity contribution in [3.8, 4) is 0 Å². The van der Waals surface area contributed by atoms with E-state index >= 15 is 0 Å². The van der Waals surface area contributed by atoms with Gasteiger partial charge in [0.1, 0.15) is 12.1 Å². The maximum absolute atomic E-state index is 13.2. The van der Waals surface area contributed by atoms with Gasteiger partial charge in [-0.3, -0.25) is 14.5 Å². The Bertz CT molecular complexity index is 939. The van der Waals surface area contributed by atoms with Crippen LogP contribution in [0.5, 0.6) is 0 Å². The summed E-state index contributed by atoms with van der Waals surface area (Å²) in [4.78, 5) is 43.1. The number of amides is 4. The van der Waals surface area contributed by atoms with Gasteiger partial charge in [-0.25, -0.2) is 9.78 Å². The molecule has 1 aromatic heterocycles. The molecule has 2 N–H and O–H groups in total. The Hall–Kier alpha value is -2.64. The van der Waals surface area contributed by atoms with Crippen molar-refractivity contribution >= 4 is 46.9 Å². The topological polar surface area (TPSA) is 91.4 Å². The summed E-state index contributed by atoms with van der Waals surface area (Å²) in [5, 5.41) is 5.79. The molecule has 0 radical (unpaired) electrons. The maximum Gasteiger partial charge on any atom is 0.325 e. The molecule has 0 saturated carbocycles. The zero-order chi connectivity index (χ0) is 21.0. The first-order chi connectivity index (χ1) is 13.9. The smallest absolute Gasteiger partial charge is 0.319 e. The second-order valence-electron chi connectivity index (χ2n) is 6.73. The van der Waals surface area contributed by atoms with Gasteiger partial charge in [-0.2, -0.15) is 0 Å². The van der Waals surface area contributed by atoms with Crippen molar-refractivity contribution < 1.29 is 14.4 Å². The van der Waals surface area contributed by atoms with E-state index in [0.29, 0.717) is 17.0 Å². The minimum absolute atomic E-state index is 0.105. The van der Waals surface area contributed by atoms with Crippen LogP contribution in [0, 0.1) is 0 Å². The van der Waals surface area contributed by atoms with Crippen molar-refractivity contribution in [1.82, 2.24) is 15.2 Å². The fourth-order valence-electron chi connectivity index (χ4n) is 3.27. The SMILES string of the molecule is CCCCC1(c2ccccc2)NC(=O)N(CC(=O)Nc2ncc(Cl)cc2Cl)C1=O. The zero-order valence-corrected chi connectivity index (χ0v) is 17.3. The first-order valence-electron chi connectivity index (χ1n) is 9.18. The molecule has 1 fully saturated rings. The Morgan fingerprint density at radius 1 is 1.24 bits per heavy atom. The van der Waals surface area contributed by atoms with E-state index in [1.807, 2.05) is 25.1 Å². The van der Waals surface area contributed by atoms with Gasteiger partial charge in [-0.05, 0) is 18.1 Å². The van der Waals surface area contributed by atoms with Crippen molar-refractivity contribution in [2.45, 2.75) is 31.7 Å². The van der Waals surface area contributed by atoms with Crippen LogP contribution in [0.15, 0.2) is 42.6 Å². The molecule has 4 amide bonds. The van der Waals surface area contributed by atoms with E-state index in [1.54, 1.807) is 12.1 Å². The minimum atomic E-state index is -1.18. The average Bonchev–Trinajstić information content (AvgIpc) is 2.94. The number of nitrogens with zero attached hydrogens (tertiary/aromatic N) is 2. The lowest BCUT2D eigenvalue weighted by molar-refractivity contribution is -0.134. The Kier molecular flexibility index (Phi) is 6.39. The van der Waals surface area contributed by atoms with E-state index in [1.165, 1.54) is 12.3 Å². The molecular formula is C20H20Cl2N4O3. The quantitative estimate of drug-likeness (QED) is 0.644. The molecule has 7 nitrogen and oxygen atoms in total. The summed E-state index contributed by atoms with van der Waals surface area (Å²) in [5.41, 5.74) is -0.484. The highest BCUT2D eigenvalue weighted by Gasteiger charge is 2.52. The van der Waals surface area contributed by atoms with Gasteiger partial charge >= 0.3 is 6.03 Å². The molecule has 1 saturated heterocycles. The minimum Gasteiger partial charge on any atom is -0.319 e. The van der Waals surface area contributed by atoms with Crippen LogP contribution in [0.2, 0.25) is 10.0 Å². The summed E-state index contributed by atoms with van der Waals surface area (Å²) in [6.07, 6.45) is 3.38. The van der Waals surface area contributed by atoms with Crippen LogP contribution >= 0.6 is 23.2 Å². The van der Waals surface area contributed by atoms with Crippen LogP contribution in [0.4, 0.5) is 10.6 Å². The van der Waals surface area contributed by atoms with Gasteiger partial charge in [0.25, 0.3) is 5.91 Å². The number of benzene rings is 1. The molecular weight excluding hydrogens is 415 g/mol. The predicted molar refractivity (Wildman–Crippen MR) is 111 cm³/mol. The number of imide groups is 1. The van der Waals surface area contributed by atoms with E-state index in [9.17, 15) is 14.4 Å². The lowest BCUT2D eigenvalue weighted by Crippen LogP contribution is -2.44. The third kappa shape index (κ3) is 4.36. The first-order valence-corrected chi connectivity index (χ1v) is 9.93. The lowest BCUT2D eigenvalue weighted by atomic mass is 9.85. The van der Waals surface area contributed by atoms with E-state index < -0.39 is 29.9 Å². The van der Waals surface area contributed by atoms with Gasteiger partial charge < -0.3 is 10.6 Å². The van der Waals surface area contributed by atoms with Gasteiger partial charge in [0.15, 0.2) is 5.82 Å². The van der Waals surface area contributed by atoms with Crippen molar-refractivity contribution in [3.63, 3.8) is 0 Å². The molecule has 1 aliphatic rings. The maximum atomic E-state index is 13.2. The van der Waals surface area contributed by atoms with Crippen molar-refractivity contribution in [3.05, 3.63) is 58.2 Å². The molecule has 1 aromatic carbocycles. The Balaban J connectivity index is 1.80. The molecule has 0 bridgehead atoms. The molecule has 3 rings (SSSR count). The van der Waals surface area contributed by atoms with Gasteiger partial charge in [-0.1, -0.05) is 73.3 Å². The number of carbonyl (C=O) groups is 3. The van der Waals surface area contributed by atoms with Gasteiger partial charge in [0.2, 0.25) is 5.91 Å². The summed E-state index contributed by atoms with van der Waals surface area (Å²) >= 11 is 11.8. The second kappa shape index (κ2) is 8.80. The van der Waals surface area contributed by atoms with Crippen molar-refractivity contribution in [2.24, 2.45) is 0 Å². The first kappa shape index (κ1) is 21.1. The average molecular weight is 435 g/mol. The van der Waals surface area contributed by atoms with Gasteiger partial charge in [0.05, 0.1) is 10.0 Å². The monoisotopic (exact) mass is 434 g/mol. The molecule has 1 aliphatic heterocycles. The zero-order valence-electron chi connectivity index (χ0n) is 15.7. The van der Waals surface area contributed by atoms with E-state index in [4.69, 9.17) is 23.2 Å². The molecule has 1 atom stereocenters. The van der Waals surface area contributed by atoms with E-state index in [2.05, 4.69) is 15.6 Å². The molecule has 9 heteroatoms. The molecule has 2 aromatic rings. The summed E-state index contributed by atoms with van der Waals surface area (Å²) in [6, 6.07) is 9.89. The highest BCUT2D eigenvalue weighted by Crippen LogP contribution is 2.34. The van der Waals surface area contributed by atoms with Crippen molar-refractivity contribution in [1.29, 1.82) is 0 Å². The highest BCUT2D eigenvalue weighted by atomic mass is 35.5. The van der Waals surface area contributed by atoms with Gasteiger partial charge in [0, 0.05) is 6.20 Å². The van der Waals surface area contributed by atoms with Crippen molar-refractivity contribution in [2.75, 3.05) is 11.9 Å². The molecule has 1 unspecified atom stereocenters. The highest BCUT2D eigenvalue weighted by molar-refractivity contribution is 6.36. The number of urea groups is 1. The number of nitrogens with one attached hydrogen (secondary N) is 2. The second-order valence-corrected chi connectivity index (χ2v) is 7.57. The predicted octanol–water partition coefficient (Wildman–Crippen LogP) is 3.96. The van der Waals surface area contributed by atoms with E-state index in [0.717, 1.165) is 17.7 Å². The number of rotatable bonds is 7. The summed E-state index contributed by atoms with van der Waals surface area (Å²) in [6.45, 7) is 1.56. The third-order valence-corrected chi connectivity index (χ3v) is 5.21. The van der Waals surface area contributed by atoms with Crippen LogP contribution in [0.25, 0.3) is 0 Å². The fourth-order valence-corrected chi connectivity index (χ4v) is 3.69. The number of anilines is 1. The standard InChI is InChI=1S/C20H20Cl2N4O3/c1-2-3-9-20(13-7-5-4-6-8-13)18(28)26(19(29)25-20)12-16(27)24-17-15(22)10-14(21)11-23-17/h4-8,10-11H,2-3,9,12H2,1H3,(H,25,29)(H,23,24,27). The molecule has 2 heterocycles. The third-order valence-electron chi connectivity index (χ3n) is 4.71. The Morgan fingerprint density at radius 3 is 2.62 bits per heavy atom. The fraction of sp³-hybridized carbons (Fsp3) is 0.300. The lowest BCUT2D eigenvalue weighted by Gasteiger charge is -2.27. The number of carbonyl (C=O) groups excluding carboxylic acids is 3.